The van der Waals surface area contributed by atoms with Crippen molar-refractivity contribution in [2.75, 3.05) is 0 Å². The Bertz CT molecular complexity index is 572. The Hall–Kier alpha value is -0.900. The van der Waals surface area contributed by atoms with Crippen LogP contribution in [-0.4, -0.2) is 18.9 Å². The summed E-state index contributed by atoms with van der Waals surface area (Å²) in [5, 5.41) is 0. The normalized spacial score (nSPS) is 12.0. The molecular formula is C13H20N2O2S2. The Morgan fingerprint density at radius 2 is 2.11 bits per heavy atom. The van der Waals surface area contributed by atoms with E-state index in [0.717, 1.165) is 30.6 Å². The van der Waals surface area contributed by atoms with Crippen LogP contribution in [0, 0.1) is 11.8 Å². The van der Waals surface area contributed by atoms with Gasteiger partial charge in [-0.15, -0.1) is 0 Å². The number of aromatic nitrogens is 1. The highest BCUT2D eigenvalue weighted by molar-refractivity contribution is 7.91. The van der Waals surface area contributed by atoms with Crippen molar-refractivity contribution in [3.05, 3.63) is 11.1 Å². The van der Waals surface area contributed by atoms with Crippen molar-refractivity contribution < 1.29 is 8.42 Å². The zero-order chi connectivity index (χ0) is 14.5. The molecule has 1 N–H and O–H groups in total. The van der Waals surface area contributed by atoms with Crippen LogP contribution in [0.15, 0.2) is 10.5 Å². The molecule has 0 aliphatic carbocycles. The summed E-state index contributed by atoms with van der Waals surface area (Å²) in [6.45, 7) is 7.49. The highest BCUT2D eigenvalue weighted by Crippen LogP contribution is 2.19. The molecule has 1 rings (SSSR count). The monoisotopic (exact) mass is 300 g/mol. The molecule has 0 unspecified atom stereocenters. The summed E-state index contributed by atoms with van der Waals surface area (Å²) in [5.41, 5.74) is -0.516. The van der Waals surface area contributed by atoms with Crippen LogP contribution in [0.5, 0.6) is 0 Å². The number of hydrogen-bond donors (Lipinski definition) is 1. The van der Waals surface area contributed by atoms with Gasteiger partial charge in [0.2, 0.25) is 4.34 Å². The van der Waals surface area contributed by atoms with Crippen LogP contribution >= 0.6 is 11.3 Å². The van der Waals surface area contributed by atoms with Crippen molar-refractivity contribution >= 4 is 21.4 Å². The van der Waals surface area contributed by atoms with E-state index in [1.807, 2.05) is 0 Å². The maximum Gasteiger partial charge on any atom is 0.268 e. The molecule has 0 bridgehead atoms. The smallest absolute Gasteiger partial charge is 0.231 e. The number of nitrogens with zero attached hydrogens (tertiary/aromatic N) is 1. The first-order valence-corrected chi connectivity index (χ1v) is 8.53. The molecule has 0 atom stereocenters. The molecule has 0 aliphatic rings. The third kappa shape index (κ3) is 5.72. The van der Waals surface area contributed by atoms with Gasteiger partial charge in [0.05, 0.1) is 11.1 Å². The predicted octanol–water partition coefficient (Wildman–Crippen LogP) is 2.76. The molecule has 0 saturated carbocycles. The number of hydrogen-bond acceptors (Lipinski definition) is 4. The van der Waals surface area contributed by atoms with Crippen LogP contribution in [0.4, 0.5) is 0 Å². The molecule has 0 fully saturated rings. The second kappa shape index (κ2) is 6.51. The van der Waals surface area contributed by atoms with Crippen LogP contribution in [0.2, 0.25) is 0 Å². The zero-order valence-electron chi connectivity index (χ0n) is 11.8. The summed E-state index contributed by atoms with van der Waals surface area (Å²) in [4.78, 5) is 4.62. The van der Waals surface area contributed by atoms with E-state index in [-0.39, 0.29) is 4.34 Å². The summed E-state index contributed by atoms with van der Waals surface area (Å²) >= 11 is 1.10. The lowest BCUT2D eigenvalue weighted by Gasteiger charge is -2.18. The number of nitrogens with one attached hydrogen (secondary N) is 1. The molecule has 1 heterocycles. The molecule has 6 heteroatoms. The topological polar surface area (TPSA) is 59.1 Å². The van der Waals surface area contributed by atoms with Crippen LogP contribution in [-0.2, 0) is 10.0 Å². The van der Waals surface area contributed by atoms with Gasteiger partial charge in [-0.25, -0.2) is 18.1 Å². The van der Waals surface area contributed by atoms with Gasteiger partial charge in [-0.2, -0.15) is 0 Å². The quantitative estimate of drug-likeness (QED) is 0.687. The minimum atomic E-state index is -3.54. The van der Waals surface area contributed by atoms with E-state index in [2.05, 4.69) is 28.5 Å². The fourth-order valence-corrected chi connectivity index (χ4v) is 3.74. The molecule has 106 valence electrons. The molecule has 0 spiro atoms. The molecule has 1 aromatic rings. The number of unbranched alkanes of at least 4 members (excludes halogenated alkanes) is 2. The lowest BCUT2D eigenvalue weighted by molar-refractivity contribution is 0.491. The fraction of sp³-hybridized carbons (Fsp3) is 0.615. The first kappa shape index (κ1) is 16.2. The average molecular weight is 300 g/mol. The van der Waals surface area contributed by atoms with E-state index in [0.29, 0.717) is 4.88 Å². The van der Waals surface area contributed by atoms with E-state index in [1.165, 1.54) is 6.20 Å². The van der Waals surface area contributed by atoms with Gasteiger partial charge in [-0.05, 0) is 27.2 Å². The van der Waals surface area contributed by atoms with Gasteiger partial charge in [0.25, 0.3) is 10.0 Å². The molecule has 0 saturated heterocycles. The minimum absolute atomic E-state index is 0.0715. The standard InChI is InChI=1S/C13H20N2O2S2/c1-5-6-7-8-9-11-10-14-12(18-11)19(16,17)15-13(2,3)4/h10,15H,5-7H2,1-4H3. The second-order valence-corrected chi connectivity index (χ2v) is 8.14. The van der Waals surface area contributed by atoms with Gasteiger partial charge in [0.15, 0.2) is 0 Å². The van der Waals surface area contributed by atoms with Gasteiger partial charge in [-0.3, -0.25) is 0 Å². The lowest BCUT2D eigenvalue weighted by Crippen LogP contribution is -2.40. The zero-order valence-corrected chi connectivity index (χ0v) is 13.4. The molecule has 0 aliphatic heterocycles. The molecule has 0 radical (unpaired) electrons. The van der Waals surface area contributed by atoms with Crippen molar-refractivity contribution in [3.8, 4) is 11.8 Å². The number of thiazole rings is 1. The van der Waals surface area contributed by atoms with E-state index in [4.69, 9.17) is 0 Å². The number of rotatable bonds is 4. The first-order chi connectivity index (χ1) is 8.74. The maximum atomic E-state index is 12.0. The summed E-state index contributed by atoms with van der Waals surface area (Å²) in [6.07, 6.45) is 4.51. The predicted molar refractivity (Wildman–Crippen MR) is 78.6 cm³/mol. The van der Waals surface area contributed by atoms with E-state index in [9.17, 15) is 8.42 Å². The van der Waals surface area contributed by atoms with Gasteiger partial charge < -0.3 is 0 Å². The summed E-state index contributed by atoms with van der Waals surface area (Å²) in [7, 11) is -3.54. The summed E-state index contributed by atoms with van der Waals surface area (Å²) in [6, 6.07) is 0. The Morgan fingerprint density at radius 3 is 2.68 bits per heavy atom. The minimum Gasteiger partial charge on any atom is -0.231 e. The van der Waals surface area contributed by atoms with Crippen molar-refractivity contribution in [3.63, 3.8) is 0 Å². The third-order valence-corrected chi connectivity index (χ3v) is 5.08. The Kier molecular flexibility index (Phi) is 5.53. The molecule has 4 nitrogen and oxygen atoms in total. The Balaban J connectivity index is 2.81. The molecule has 0 aromatic carbocycles. The largest absolute Gasteiger partial charge is 0.268 e. The van der Waals surface area contributed by atoms with Crippen LogP contribution in [0.3, 0.4) is 0 Å². The first-order valence-electron chi connectivity index (χ1n) is 6.23. The number of sulfonamides is 1. The van der Waals surface area contributed by atoms with Gasteiger partial charge in [0, 0.05) is 12.0 Å². The van der Waals surface area contributed by atoms with Crippen LogP contribution in [0.25, 0.3) is 0 Å². The van der Waals surface area contributed by atoms with Crippen molar-refractivity contribution in [2.24, 2.45) is 0 Å². The summed E-state index contributed by atoms with van der Waals surface area (Å²) < 4.78 is 26.7. The van der Waals surface area contributed by atoms with Crippen LogP contribution in [0.1, 0.15) is 51.8 Å². The SMILES string of the molecule is CCCCC#Cc1cnc(S(=O)(=O)NC(C)(C)C)s1. The molecule has 1 aromatic heterocycles. The van der Waals surface area contributed by atoms with Crippen molar-refractivity contribution in [1.29, 1.82) is 0 Å². The molecule has 19 heavy (non-hydrogen) atoms. The van der Waals surface area contributed by atoms with E-state index in [1.54, 1.807) is 20.8 Å². The lowest BCUT2D eigenvalue weighted by atomic mass is 10.1. The summed E-state index contributed by atoms with van der Waals surface area (Å²) in [5.74, 6) is 5.97. The third-order valence-electron chi connectivity index (χ3n) is 2.02. The highest BCUT2D eigenvalue weighted by atomic mass is 32.2. The van der Waals surface area contributed by atoms with Gasteiger partial charge >= 0.3 is 0 Å². The Morgan fingerprint density at radius 1 is 1.42 bits per heavy atom. The Labute approximate surface area is 119 Å². The van der Waals surface area contributed by atoms with E-state index >= 15 is 0 Å². The van der Waals surface area contributed by atoms with Crippen molar-refractivity contribution in [2.45, 2.75) is 56.8 Å². The highest BCUT2D eigenvalue weighted by Gasteiger charge is 2.24. The van der Waals surface area contributed by atoms with Crippen molar-refractivity contribution in [1.82, 2.24) is 9.71 Å². The fourth-order valence-electron chi connectivity index (χ4n) is 1.30. The molecule has 0 amide bonds. The second-order valence-electron chi connectivity index (χ2n) is 5.25. The van der Waals surface area contributed by atoms with Gasteiger partial charge in [0.1, 0.15) is 0 Å². The molecular weight excluding hydrogens is 280 g/mol. The average Bonchev–Trinajstić information content (AvgIpc) is 2.70. The van der Waals surface area contributed by atoms with Gasteiger partial charge in [-0.1, -0.05) is 36.5 Å². The maximum absolute atomic E-state index is 12.0. The van der Waals surface area contributed by atoms with E-state index < -0.39 is 15.6 Å². The van der Waals surface area contributed by atoms with Crippen LogP contribution < -0.4 is 4.72 Å².